The summed E-state index contributed by atoms with van der Waals surface area (Å²) >= 11 is 0. The molecule has 0 radical (unpaired) electrons. The molecule has 4 rings (SSSR count). The average Bonchev–Trinajstić information content (AvgIpc) is 2.85. The topological polar surface area (TPSA) is 90.3 Å². The van der Waals surface area contributed by atoms with E-state index in [1.807, 2.05) is 35.2 Å². The number of nitrogens with zero attached hydrogens (tertiary/aromatic N) is 3. The van der Waals surface area contributed by atoms with E-state index in [2.05, 4.69) is 28.6 Å². The van der Waals surface area contributed by atoms with E-state index in [1.165, 1.54) is 0 Å². The first-order chi connectivity index (χ1) is 15.6. The van der Waals surface area contributed by atoms with Crippen LogP contribution >= 0.6 is 0 Å². The first-order valence-corrected chi connectivity index (χ1v) is 11.4. The fraction of sp³-hybridized carbons (Fsp3) is 0.480. The number of nitriles is 1. The highest BCUT2D eigenvalue weighted by molar-refractivity contribution is 5.95. The summed E-state index contributed by atoms with van der Waals surface area (Å²) in [5, 5.41) is 15.8. The fourth-order valence-electron chi connectivity index (χ4n) is 4.41. The minimum Gasteiger partial charge on any atom is -0.380 e. The number of aromatic nitrogens is 1. The van der Waals surface area contributed by atoms with Gasteiger partial charge in [-0.3, -0.25) is 15.1 Å². The van der Waals surface area contributed by atoms with E-state index in [1.54, 1.807) is 6.20 Å². The summed E-state index contributed by atoms with van der Waals surface area (Å²) in [4.78, 5) is 19.5. The molecular weight excluding hydrogens is 402 g/mol. The Kier molecular flexibility index (Phi) is 7.35. The number of rotatable bonds is 6. The molecule has 0 spiro atoms. The van der Waals surface area contributed by atoms with Gasteiger partial charge in [0, 0.05) is 54.8 Å². The molecule has 3 heterocycles. The Morgan fingerprint density at radius 3 is 2.78 bits per heavy atom. The number of pyridine rings is 1. The van der Waals surface area contributed by atoms with E-state index in [9.17, 15) is 4.79 Å². The summed E-state index contributed by atoms with van der Waals surface area (Å²) in [7, 11) is 0. The molecule has 0 bridgehead atoms. The molecule has 1 aromatic carbocycles. The smallest absolute Gasteiger partial charge is 0.253 e. The van der Waals surface area contributed by atoms with Crippen LogP contribution in [0.5, 0.6) is 0 Å². The molecular formula is C25H31N5O2. The number of amides is 1. The number of carbonyl (C=O) groups excluding carboxylic acids is 1. The molecule has 7 nitrogen and oxygen atoms in total. The van der Waals surface area contributed by atoms with Crippen molar-refractivity contribution in [3.63, 3.8) is 0 Å². The highest BCUT2D eigenvalue weighted by atomic mass is 16.5. The summed E-state index contributed by atoms with van der Waals surface area (Å²) in [6.07, 6.45) is 5.62. The highest BCUT2D eigenvalue weighted by Gasteiger charge is 2.25. The van der Waals surface area contributed by atoms with Crippen molar-refractivity contribution in [2.45, 2.75) is 44.6 Å². The van der Waals surface area contributed by atoms with Gasteiger partial charge >= 0.3 is 0 Å². The van der Waals surface area contributed by atoms with Crippen LogP contribution in [0.4, 0.5) is 5.69 Å². The Morgan fingerprint density at radius 1 is 1.25 bits per heavy atom. The number of ether oxygens (including phenoxy) is 1. The van der Waals surface area contributed by atoms with Gasteiger partial charge in [-0.1, -0.05) is 6.07 Å². The van der Waals surface area contributed by atoms with Gasteiger partial charge in [-0.25, -0.2) is 0 Å². The average molecular weight is 434 g/mol. The van der Waals surface area contributed by atoms with Crippen LogP contribution < -0.4 is 10.6 Å². The molecule has 1 unspecified atom stereocenters. The number of anilines is 1. The van der Waals surface area contributed by atoms with Crippen molar-refractivity contribution in [2.75, 3.05) is 38.3 Å². The first-order valence-electron chi connectivity index (χ1n) is 11.4. The van der Waals surface area contributed by atoms with Crippen molar-refractivity contribution >= 4 is 11.6 Å². The van der Waals surface area contributed by atoms with Gasteiger partial charge < -0.3 is 15.0 Å². The van der Waals surface area contributed by atoms with E-state index in [4.69, 9.17) is 10.00 Å². The number of likely N-dealkylation sites (tertiary alicyclic amines) is 1. The molecule has 1 aromatic heterocycles. The van der Waals surface area contributed by atoms with Crippen LogP contribution in [-0.4, -0.2) is 54.8 Å². The van der Waals surface area contributed by atoms with Crippen LogP contribution in [0.3, 0.4) is 0 Å². The van der Waals surface area contributed by atoms with Crippen molar-refractivity contribution in [1.29, 1.82) is 5.26 Å². The molecule has 7 heteroatoms. The highest BCUT2D eigenvalue weighted by Crippen LogP contribution is 2.28. The van der Waals surface area contributed by atoms with Crippen molar-refractivity contribution in [3.05, 3.63) is 58.9 Å². The molecule has 1 atom stereocenters. The van der Waals surface area contributed by atoms with E-state index in [0.717, 1.165) is 55.8 Å². The maximum absolute atomic E-state index is 13.1. The van der Waals surface area contributed by atoms with E-state index < -0.39 is 0 Å². The maximum atomic E-state index is 13.1. The Bertz CT molecular complexity index is 955. The van der Waals surface area contributed by atoms with Gasteiger partial charge in [-0.05, 0) is 62.4 Å². The van der Waals surface area contributed by atoms with E-state index in [-0.39, 0.29) is 5.91 Å². The molecule has 1 amide bonds. The number of benzene rings is 1. The SMILES string of the molecule is Cc1ccc(C(=O)N2CCC(c3ccc(C#N)cn3)CC2)cc1NCNC1CCCOC1. The minimum absolute atomic E-state index is 0.0768. The van der Waals surface area contributed by atoms with E-state index >= 15 is 0 Å². The van der Waals surface area contributed by atoms with Crippen LogP contribution in [0.25, 0.3) is 0 Å². The molecule has 32 heavy (non-hydrogen) atoms. The van der Waals surface area contributed by atoms with Gasteiger partial charge in [-0.15, -0.1) is 0 Å². The number of hydrogen-bond acceptors (Lipinski definition) is 6. The zero-order valence-electron chi connectivity index (χ0n) is 18.6. The van der Waals surface area contributed by atoms with Gasteiger partial charge in [0.1, 0.15) is 6.07 Å². The summed E-state index contributed by atoms with van der Waals surface area (Å²) in [6.45, 7) is 5.74. The number of piperidine rings is 1. The van der Waals surface area contributed by atoms with Gasteiger partial charge in [0.05, 0.1) is 18.8 Å². The second-order valence-electron chi connectivity index (χ2n) is 8.65. The van der Waals surface area contributed by atoms with Gasteiger partial charge in [0.25, 0.3) is 5.91 Å². The van der Waals surface area contributed by atoms with Gasteiger partial charge in [0.2, 0.25) is 0 Å². The summed E-state index contributed by atoms with van der Waals surface area (Å²) < 4.78 is 5.52. The Balaban J connectivity index is 1.32. The molecule has 0 aliphatic carbocycles. The van der Waals surface area contributed by atoms with Gasteiger partial charge in [0.15, 0.2) is 0 Å². The normalized spacial score (nSPS) is 19.4. The summed E-state index contributed by atoms with van der Waals surface area (Å²) in [5.74, 6) is 0.407. The Labute approximate surface area is 189 Å². The van der Waals surface area contributed by atoms with Crippen LogP contribution in [0.1, 0.15) is 58.8 Å². The van der Waals surface area contributed by atoms with Gasteiger partial charge in [-0.2, -0.15) is 5.26 Å². The molecule has 0 saturated carbocycles. The number of nitrogens with one attached hydrogen (secondary N) is 2. The van der Waals surface area contributed by atoms with Crippen LogP contribution in [0, 0.1) is 18.3 Å². The first kappa shape index (κ1) is 22.3. The minimum atomic E-state index is 0.0768. The van der Waals surface area contributed by atoms with Crippen molar-refractivity contribution < 1.29 is 9.53 Å². The van der Waals surface area contributed by atoms with Crippen molar-refractivity contribution in [3.8, 4) is 6.07 Å². The second kappa shape index (κ2) is 10.6. The lowest BCUT2D eigenvalue weighted by molar-refractivity contribution is 0.0712. The standard InChI is InChI=1S/C25H31N5O2/c1-18-4-6-21(13-24(18)29-17-28-22-3-2-12-32-16-22)25(31)30-10-8-20(9-11-30)23-7-5-19(14-26)15-27-23/h4-7,13,15,20,22,28-29H,2-3,8-12,16-17H2,1H3. The number of hydrogen-bond donors (Lipinski definition) is 2. The van der Waals surface area contributed by atoms with Crippen molar-refractivity contribution in [1.82, 2.24) is 15.2 Å². The maximum Gasteiger partial charge on any atom is 0.253 e. The lowest BCUT2D eigenvalue weighted by Crippen LogP contribution is -2.39. The molecule has 2 aromatic rings. The zero-order valence-corrected chi connectivity index (χ0v) is 18.6. The molecule has 2 saturated heterocycles. The number of aryl methyl sites for hydroxylation is 1. The van der Waals surface area contributed by atoms with Crippen LogP contribution in [0.15, 0.2) is 36.5 Å². The van der Waals surface area contributed by atoms with Crippen LogP contribution in [-0.2, 0) is 4.74 Å². The summed E-state index contributed by atoms with van der Waals surface area (Å²) in [5.41, 5.74) is 4.40. The predicted molar refractivity (Wildman–Crippen MR) is 123 cm³/mol. The molecule has 2 fully saturated rings. The Morgan fingerprint density at radius 2 is 2.09 bits per heavy atom. The van der Waals surface area contributed by atoms with Crippen LogP contribution in [0.2, 0.25) is 0 Å². The molecule has 2 aliphatic rings. The third kappa shape index (κ3) is 5.45. The second-order valence-corrected chi connectivity index (χ2v) is 8.65. The monoisotopic (exact) mass is 433 g/mol. The largest absolute Gasteiger partial charge is 0.380 e. The zero-order chi connectivity index (χ0) is 22.3. The lowest BCUT2D eigenvalue weighted by Gasteiger charge is -2.32. The number of carbonyl (C=O) groups is 1. The predicted octanol–water partition coefficient (Wildman–Crippen LogP) is 3.42. The molecule has 2 aliphatic heterocycles. The Hall–Kier alpha value is -2.95. The van der Waals surface area contributed by atoms with Crippen molar-refractivity contribution in [2.24, 2.45) is 0 Å². The molecule has 168 valence electrons. The van der Waals surface area contributed by atoms with E-state index in [0.29, 0.717) is 42.8 Å². The third-order valence-corrected chi connectivity index (χ3v) is 6.43. The molecule has 2 N–H and O–H groups in total. The lowest BCUT2D eigenvalue weighted by atomic mass is 9.92. The fourth-order valence-corrected chi connectivity index (χ4v) is 4.41. The quantitative estimate of drug-likeness (QED) is 0.679. The summed E-state index contributed by atoms with van der Waals surface area (Å²) in [6, 6.07) is 12.1. The third-order valence-electron chi connectivity index (χ3n) is 6.43.